The average molecular weight is 312 g/mol. The van der Waals surface area contributed by atoms with E-state index < -0.39 is 0 Å². The highest BCUT2D eigenvalue weighted by molar-refractivity contribution is 6.30. The summed E-state index contributed by atoms with van der Waals surface area (Å²) in [5.41, 5.74) is 0.745. The van der Waals surface area contributed by atoms with Crippen molar-refractivity contribution >= 4 is 29.2 Å². The lowest BCUT2D eigenvalue weighted by molar-refractivity contribution is -0.121. The van der Waals surface area contributed by atoms with E-state index in [1.807, 2.05) is 6.07 Å². The van der Waals surface area contributed by atoms with Crippen LogP contribution in [0.5, 0.6) is 0 Å². The molecule has 1 aliphatic rings. The molecule has 0 aromatic heterocycles. The van der Waals surface area contributed by atoms with Crippen LogP contribution in [0.4, 0.5) is 10.5 Å². The zero-order valence-corrected chi connectivity index (χ0v) is 12.6. The minimum atomic E-state index is -0.187. The van der Waals surface area contributed by atoms with Gasteiger partial charge in [-0.1, -0.05) is 17.7 Å². The summed E-state index contributed by atoms with van der Waals surface area (Å²) >= 11 is 5.94. The van der Waals surface area contributed by atoms with E-state index in [2.05, 4.69) is 5.32 Å². The summed E-state index contributed by atoms with van der Waals surface area (Å²) in [6.07, 6.45) is 0. The molecular formula is C14H18ClN3O3. The van der Waals surface area contributed by atoms with E-state index in [1.165, 1.54) is 4.90 Å². The molecule has 1 aromatic carbocycles. The van der Waals surface area contributed by atoms with Crippen LogP contribution in [0.3, 0.4) is 0 Å². The molecule has 1 N–H and O–H groups in total. The lowest BCUT2D eigenvalue weighted by Crippen LogP contribution is -2.40. The second-order valence-electron chi connectivity index (χ2n) is 4.68. The second-order valence-corrected chi connectivity index (χ2v) is 5.11. The summed E-state index contributed by atoms with van der Waals surface area (Å²) in [6.45, 7) is 2.01. The topological polar surface area (TPSA) is 61.9 Å². The molecule has 2 rings (SSSR count). The van der Waals surface area contributed by atoms with Crippen LogP contribution in [-0.2, 0) is 9.53 Å². The third kappa shape index (κ3) is 4.09. The van der Waals surface area contributed by atoms with Crippen molar-refractivity contribution in [3.63, 3.8) is 0 Å². The van der Waals surface area contributed by atoms with Crippen molar-refractivity contribution in [1.29, 1.82) is 0 Å². The Hall–Kier alpha value is -1.79. The quantitative estimate of drug-likeness (QED) is 0.807. The zero-order valence-electron chi connectivity index (χ0n) is 11.8. The molecule has 3 amide bonds. The number of hydrogen-bond acceptors (Lipinski definition) is 3. The number of anilines is 1. The lowest BCUT2D eigenvalue weighted by atomic mass is 10.3. The number of rotatable bonds is 6. The van der Waals surface area contributed by atoms with Crippen LogP contribution in [0.25, 0.3) is 0 Å². The maximum atomic E-state index is 12.3. The van der Waals surface area contributed by atoms with E-state index >= 15 is 0 Å². The fourth-order valence-corrected chi connectivity index (χ4v) is 2.32. The molecular weight excluding hydrogens is 294 g/mol. The maximum Gasteiger partial charge on any atom is 0.325 e. The zero-order chi connectivity index (χ0) is 15.2. The van der Waals surface area contributed by atoms with Crippen molar-refractivity contribution in [2.45, 2.75) is 0 Å². The SMILES string of the molecule is COCCNC(=O)CN1CCN(c2cccc(Cl)c2)C1=O. The van der Waals surface area contributed by atoms with Crippen molar-refractivity contribution < 1.29 is 14.3 Å². The predicted molar refractivity (Wildman–Crippen MR) is 80.7 cm³/mol. The second kappa shape index (κ2) is 7.28. The van der Waals surface area contributed by atoms with Gasteiger partial charge in [0.05, 0.1) is 6.61 Å². The molecule has 0 radical (unpaired) electrons. The van der Waals surface area contributed by atoms with E-state index in [4.69, 9.17) is 16.3 Å². The van der Waals surface area contributed by atoms with E-state index in [0.717, 1.165) is 5.69 Å². The standard InChI is InChI=1S/C14H18ClN3O3/c1-21-8-5-16-13(19)10-17-6-7-18(14(17)20)12-4-2-3-11(15)9-12/h2-4,9H,5-8,10H2,1H3,(H,16,19). The number of carbonyl (C=O) groups excluding carboxylic acids is 2. The monoisotopic (exact) mass is 311 g/mol. The lowest BCUT2D eigenvalue weighted by Gasteiger charge is -2.18. The average Bonchev–Trinajstić information content (AvgIpc) is 2.80. The van der Waals surface area contributed by atoms with Gasteiger partial charge in [-0.2, -0.15) is 0 Å². The molecule has 1 fully saturated rings. The van der Waals surface area contributed by atoms with Gasteiger partial charge in [-0.05, 0) is 18.2 Å². The van der Waals surface area contributed by atoms with Crippen LogP contribution in [0.1, 0.15) is 0 Å². The van der Waals surface area contributed by atoms with Gasteiger partial charge in [-0.15, -0.1) is 0 Å². The number of nitrogens with one attached hydrogen (secondary N) is 1. The van der Waals surface area contributed by atoms with Gasteiger partial charge in [-0.3, -0.25) is 9.69 Å². The molecule has 114 valence electrons. The Morgan fingerprint density at radius 1 is 1.43 bits per heavy atom. The Labute approximate surface area is 128 Å². The fourth-order valence-electron chi connectivity index (χ4n) is 2.13. The van der Waals surface area contributed by atoms with Gasteiger partial charge >= 0.3 is 6.03 Å². The van der Waals surface area contributed by atoms with Crippen molar-refractivity contribution in [2.24, 2.45) is 0 Å². The Kier molecular flexibility index (Phi) is 5.41. The fraction of sp³-hybridized carbons (Fsp3) is 0.429. The van der Waals surface area contributed by atoms with Gasteiger partial charge in [0.2, 0.25) is 5.91 Å². The summed E-state index contributed by atoms with van der Waals surface area (Å²) in [7, 11) is 1.57. The first kappa shape index (κ1) is 15.6. The smallest absolute Gasteiger partial charge is 0.325 e. The van der Waals surface area contributed by atoms with E-state index in [0.29, 0.717) is 31.3 Å². The van der Waals surface area contributed by atoms with Crippen LogP contribution in [0.15, 0.2) is 24.3 Å². The number of methoxy groups -OCH3 is 1. The van der Waals surface area contributed by atoms with E-state index in [9.17, 15) is 9.59 Å². The summed E-state index contributed by atoms with van der Waals surface area (Å²) < 4.78 is 4.85. The van der Waals surface area contributed by atoms with Gasteiger partial charge in [0.25, 0.3) is 0 Å². The molecule has 1 heterocycles. The molecule has 1 saturated heterocycles. The predicted octanol–water partition coefficient (Wildman–Crippen LogP) is 1.34. The first-order valence-corrected chi connectivity index (χ1v) is 7.07. The highest BCUT2D eigenvalue weighted by Gasteiger charge is 2.30. The van der Waals surface area contributed by atoms with E-state index in [1.54, 1.807) is 30.2 Å². The third-order valence-electron chi connectivity index (χ3n) is 3.18. The van der Waals surface area contributed by atoms with Crippen molar-refractivity contribution in [3.8, 4) is 0 Å². The van der Waals surface area contributed by atoms with Crippen LogP contribution in [0.2, 0.25) is 5.02 Å². The summed E-state index contributed by atoms with van der Waals surface area (Å²) in [4.78, 5) is 27.1. The molecule has 21 heavy (non-hydrogen) atoms. The van der Waals surface area contributed by atoms with Gasteiger partial charge in [0, 0.05) is 37.5 Å². The molecule has 0 bridgehead atoms. The molecule has 0 spiro atoms. The van der Waals surface area contributed by atoms with Crippen molar-refractivity contribution in [2.75, 3.05) is 44.8 Å². The van der Waals surface area contributed by atoms with Crippen LogP contribution in [0, 0.1) is 0 Å². The first-order valence-electron chi connectivity index (χ1n) is 6.69. The van der Waals surface area contributed by atoms with E-state index in [-0.39, 0.29) is 18.5 Å². The number of amides is 3. The number of carbonyl (C=O) groups is 2. The Bertz CT molecular complexity index is 524. The first-order chi connectivity index (χ1) is 10.1. The Balaban J connectivity index is 1.91. The Morgan fingerprint density at radius 2 is 2.24 bits per heavy atom. The molecule has 0 atom stereocenters. The largest absolute Gasteiger partial charge is 0.383 e. The van der Waals surface area contributed by atoms with Gasteiger partial charge < -0.3 is 15.0 Å². The molecule has 0 saturated carbocycles. The molecule has 6 nitrogen and oxygen atoms in total. The normalized spacial score (nSPS) is 14.7. The molecule has 0 aliphatic carbocycles. The van der Waals surface area contributed by atoms with Gasteiger partial charge in [0.1, 0.15) is 6.54 Å². The number of urea groups is 1. The molecule has 1 aromatic rings. The number of nitrogens with zero attached hydrogens (tertiary/aromatic N) is 2. The highest BCUT2D eigenvalue weighted by Crippen LogP contribution is 2.23. The molecule has 0 unspecified atom stereocenters. The minimum Gasteiger partial charge on any atom is -0.383 e. The number of halogens is 1. The number of hydrogen-bond donors (Lipinski definition) is 1. The van der Waals surface area contributed by atoms with Crippen LogP contribution < -0.4 is 10.2 Å². The third-order valence-corrected chi connectivity index (χ3v) is 3.41. The summed E-state index contributed by atoms with van der Waals surface area (Å²) in [6, 6.07) is 6.93. The van der Waals surface area contributed by atoms with Crippen molar-refractivity contribution in [1.82, 2.24) is 10.2 Å². The van der Waals surface area contributed by atoms with Crippen LogP contribution >= 0.6 is 11.6 Å². The van der Waals surface area contributed by atoms with Gasteiger partial charge in [0.15, 0.2) is 0 Å². The minimum absolute atomic E-state index is 0.0552. The maximum absolute atomic E-state index is 12.3. The highest BCUT2D eigenvalue weighted by atomic mass is 35.5. The van der Waals surface area contributed by atoms with Crippen LogP contribution in [-0.4, -0.2) is 56.7 Å². The number of benzene rings is 1. The number of ether oxygens (including phenoxy) is 1. The molecule has 1 aliphatic heterocycles. The van der Waals surface area contributed by atoms with Crippen molar-refractivity contribution in [3.05, 3.63) is 29.3 Å². The summed E-state index contributed by atoms with van der Waals surface area (Å²) in [5.74, 6) is -0.187. The summed E-state index contributed by atoms with van der Waals surface area (Å²) in [5, 5.41) is 3.28. The Morgan fingerprint density at radius 3 is 2.95 bits per heavy atom. The molecule has 7 heteroatoms. The van der Waals surface area contributed by atoms with Gasteiger partial charge in [-0.25, -0.2) is 4.79 Å².